The van der Waals surface area contributed by atoms with Crippen molar-refractivity contribution in [2.75, 3.05) is 6.54 Å². The highest BCUT2D eigenvalue weighted by molar-refractivity contribution is 5.86. The van der Waals surface area contributed by atoms with Gasteiger partial charge in [0.1, 0.15) is 6.04 Å². The van der Waals surface area contributed by atoms with E-state index in [2.05, 4.69) is 5.32 Å². The quantitative estimate of drug-likeness (QED) is 0.679. The van der Waals surface area contributed by atoms with E-state index >= 15 is 0 Å². The smallest absolute Gasteiger partial charge is 0.240 e. The Hall–Kier alpha value is -1.10. The number of hydrogen-bond acceptors (Lipinski definition) is 3. The Bertz CT molecular complexity index is 263. The van der Waals surface area contributed by atoms with Crippen molar-refractivity contribution in [3.8, 4) is 0 Å². The number of nitrogens with one attached hydrogen (secondary N) is 1. The third-order valence-corrected chi connectivity index (χ3v) is 3.34. The largest absolute Gasteiger partial charge is 0.368 e. The Morgan fingerprint density at radius 3 is 2.26 bits per heavy atom. The molecule has 0 aromatic rings. The maximum absolute atomic E-state index is 11.4. The molecule has 112 valence electrons. The summed E-state index contributed by atoms with van der Waals surface area (Å²) in [4.78, 5) is 22.7. The van der Waals surface area contributed by atoms with Gasteiger partial charge in [0.05, 0.1) is 0 Å². The molecule has 0 spiro atoms. The lowest BCUT2D eigenvalue weighted by Crippen LogP contribution is -2.46. The molecule has 1 saturated carbocycles. The van der Waals surface area contributed by atoms with E-state index in [0.717, 1.165) is 12.8 Å². The van der Waals surface area contributed by atoms with Crippen LogP contribution in [0, 0.1) is 5.92 Å². The molecular formula is C14H29N3O2. The lowest BCUT2D eigenvalue weighted by atomic mass is 9.84. The van der Waals surface area contributed by atoms with Gasteiger partial charge in [-0.25, -0.2) is 0 Å². The molecule has 0 heterocycles. The van der Waals surface area contributed by atoms with E-state index in [0.29, 0.717) is 18.9 Å². The van der Waals surface area contributed by atoms with Crippen LogP contribution in [0.25, 0.3) is 0 Å². The predicted octanol–water partition coefficient (Wildman–Crippen LogP) is 1.30. The lowest BCUT2D eigenvalue weighted by molar-refractivity contribution is -0.127. The van der Waals surface area contributed by atoms with Crippen LogP contribution >= 0.6 is 0 Å². The van der Waals surface area contributed by atoms with Crippen LogP contribution < -0.4 is 16.8 Å². The van der Waals surface area contributed by atoms with Crippen molar-refractivity contribution in [2.24, 2.45) is 17.4 Å². The number of rotatable bonds is 6. The first kappa shape index (κ1) is 17.9. The van der Waals surface area contributed by atoms with Gasteiger partial charge in [0, 0.05) is 13.0 Å². The van der Waals surface area contributed by atoms with Gasteiger partial charge in [-0.2, -0.15) is 0 Å². The standard InChI is InChI=1S/C12H23N3O2.C2H6/c13-7-6-11(16)15-10(12(14)17)8-9-4-2-1-3-5-9;1-2/h9-10H,1-8,13H2,(H2,14,17)(H,15,16);1-2H3/t10-;/m1./s1. The van der Waals surface area contributed by atoms with Crippen LogP contribution in [0.2, 0.25) is 0 Å². The molecule has 0 aliphatic heterocycles. The first-order valence-electron chi connectivity index (χ1n) is 7.42. The summed E-state index contributed by atoms with van der Waals surface area (Å²) in [5.74, 6) is -0.118. The first-order valence-corrected chi connectivity index (χ1v) is 7.42. The molecule has 0 radical (unpaired) electrons. The maximum atomic E-state index is 11.4. The fourth-order valence-corrected chi connectivity index (χ4v) is 2.40. The Morgan fingerprint density at radius 1 is 1.21 bits per heavy atom. The molecule has 0 saturated heterocycles. The van der Waals surface area contributed by atoms with Crippen LogP contribution in [0.1, 0.15) is 58.8 Å². The van der Waals surface area contributed by atoms with Gasteiger partial charge in [-0.3, -0.25) is 9.59 Å². The molecular weight excluding hydrogens is 242 g/mol. The van der Waals surface area contributed by atoms with E-state index in [1.165, 1.54) is 19.3 Å². The highest BCUT2D eigenvalue weighted by Gasteiger charge is 2.23. The molecule has 0 bridgehead atoms. The highest BCUT2D eigenvalue weighted by atomic mass is 16.2. The van der Waals surface area contributed by atoms with Gasteiger partial charge < -0.3 is 16.8 Å². The lowest BCUT2D eigenvalue weighted by Gasteiger charge is -2.25. The molecule has 1 aliphatic rings. The highest BCUT2D eigenvalue weighted by Crippen LogP contribution is 2.27. The molecule has 2 amide bonds. The van der Waals surface area contributed by atoms with Crippen molar-refractivity contribution in [1.82, 2.24) is 5.32 Å². The zero-order chi connectivity index (χ0) is 14.7. The van der Waals surface area contributed by atoms with Crippen LogP contribution in [-0.4, -0.2) is 24.4 Å². The van der Waals surface area contributed by atoms with Gasteiger partial charge in [0.2, 0.25) is 11.8 Å². The number of nitrogens with two attached hydrogens (primary N) is 2. The van der Waals surface area contributed by atoms with E-state index < -0.39 is 11.9 Å². The predicted molar refractivity (Wildman–Crippen MR) is 77.3 cm³/mol. The van der Waals surface area contributed by atoms with Gasteiger partial charge >= 0.3 is 0 Å². The summed E-state index contributed by atoms with van der Waals surface area (Å²) in [6, 6.07) is -0.530. The summed E-state index contributed by atoms with van der Waals surface area (Å²) in [5.41, 5.74) is 10.6. The summed E-state index contributed by atoms with van der Waals surface area (Å²) in [7, 11) is 0. The molecule has 0 aromatic heterocycles. The van der Waals surface area contributed by atoms with Crippen molar-refractivity contribution in [1.29, 1.82) is 0 Å². The van der Waals surface area contributed by atoms with Crippen LogP contribution in [0.5, 0.6) is 0 Å². The number of primary amides is 1. The van der Waals surface area contributed by atoms with Crippen LogP contribution in [-0.2, 0) is 9.59 Å². The van der Waals surface area contributed by atoms with Crippen LogP contribution in [0.15, 0.2) is 0 Å². The number of carbonyl (C=O) groups is 2. The van der Waals surface area contributed by atoms with E-state index in [9.17, 15) is 9.59 Å². The third kappa shape index (κ3) is 7.82. The second-order valence-electron chi connectivity index (χ2n) is 4.80. The maximum Gasteiger partial charge on any atom is 0.240 e. The Balaban J connectivity index is 0.00000154. The van der Waals surface area contributed by atoms with Crippen LogP contribution in [0.4, 0.5) is 0 Å². The van der Waals surface area contributed by atoms with Crippen LogP contribution in [0.3, 0.4) is 0 Å². The summed E-state index contributed by atoms with van der Waals surface area (Å²) in [6.45, 7) is 4.29. The fourth-order valence-electron chi connectivity index (χ4n) is 2.40. The molecule has 0 aromatic carbocycles. The van der Waals surface area contributed by atoms with Crippen molar-refractivity contribution >= 4 is 11.8 Å². The molecule has 1 fully saturated rings. The minimum Gasteiger partial charge on any atom is -0.368 e. The number of hydrogen-bond donors (Lipinski definition) is 3. The van der Waals surface area contributed by atoms with Crippen molar-refractivity contribution in [2.45, 2.75) is 64.8 Å². The third-order valence-electron chi connectivity index (χ3n) is 3.34. The average molecular weight is 271 g/mol. The summed E-state index contributed by atoms with van der Waals surface area (Å²) < 4.78 is 0. The molecule has 1 aliphatic carbocycles. The van der Waals surface area contributed by atoms with Crippen molar-refractivity contribution in [3.05, 3.63) is 0 Å². The molecule has 5 heteroatoms. The Kier molecular flexibility index (Phi) is 10.2. The molecule has 1 rings (SSSR count). The first-order chi connectivity index (χ1) is 9.13. The van der Waals surface area contributed by atoms with Gasteiger partial charge in [-0.15, -0.1) is 0 Å². The van der Waals surface area contributed by atoms with Crippen molar-refractivity contribution in [3.63, 3.8) is 0 Å². The summed E-state index contributed by atoms with van der Waals surface area (Å²) >= 11 is 0. The minimum absolute atomic E-state index is 0.188. The summed E-state index contributed by atoms with van der Waals surface area (Å²) in [5, 5.41) is 2.67. The topological polar surface area (TPSA) is 98.2 Å². The van der Waals surface area contributed by atoms with E-state index in [-0.39, 0.29) is 12.3 Å². The van der Waals surface area contributed by atoms with E-state index in [4.69, 9.17) is 11.5 Å². The summed E-state index contributed by atoms with van der Waals surface area (Å²) in [6.07, 6.45) is 6.89. The van der Waals surface area contributed by atoms with Crippen molar-refractivity contribution < 1.29 is 9.59 Å². The fraction of sp³-hybridized carbons (Fsp3) is 0.857. The van der Waals surface area contributed by atoms with Gasteiger partial charge in [0.25, 0.3) is 0 Å². The zero-order valence-electron chi connectivity index (χ0n) is 12.3. The Labute approximate surface area is 116 Å². The molecule has 1 atom stereocenters. The van der Waals surface area contributed by atoms with E-state index in [1.807, 2.05) is 13.8 Å². The molecule has 5 nitrogen and oxygen atoms in total. The Morgan fingerprint density at radius 2 is 1.79 bits per heavy atom. The average Bonchev–Trinajstić information content (AvgIpc) is 2.41. The SMILES string of the molecule is CC.NCCC(=O)N[C@H](CC1CCCCC1)C(N)=O. The second-order valence-corrected chi connectivity index (χ2v) is 4.80. The zero-order valence-corrected chi connectivity index (χ0v) is 12.3. The molecule has 19 heavy (non-hydrogen) atoms. The van der Waals surface area contributed by atoms with E-state index in [1.54, 1.807) is 0 Å². The number of carbonyl (C=O) groups excluding carboxylic acids is 2. The monoisotopic (exact) mass is 271 g/mol. The second kappa shape index (κ2) is 10.8. The van der Waals surface area contributed by atoms with Gasteiger partial charge in [0.15, 0.2) is 0 Å². The number of amides is 2. The van der Waals surface area contributed by atoms with Gasteiger partial charge in [-0.1, -0.05) is 46.0 Å². The minimum atomic E-state index is -0.530. The molecule has 5 N–H and O–H groups in total. The molecule has 0 unspecified atom stereocenters. The normalized spacial score (nSPS) is 17.0. The van der Waals surface area contributed by atoms with Gasteiger partial charge in [-0.05, 0) is 12.3 Å².